The molecule has 1 aliphatic carbocycles. The van der Waals surface area contributed by atoms with Gasteiger partial charge in [-0.05, 0) is 45.2 Å². The summed E-state index contributed by atoms with van der Waals surface area (Å²) in [5, 5.41) is 3.03. The van der Waals surface area contributed by atoms with Gasteiger partial charge in [-0.1, -0.05) is 17.7 Å². The highest BCUT2D eigenvalue weighted by Crippen LogP contribution is 2.24. The van der Waals surface area contributed by atoms with Crippen LogP contribution in [0.4, 0.5) is 0 Å². The second-order valence-corrected chi connectivity index (χ2v) is 5.67. The molecule has 1 aliphatic rings. The van der Waals surface area contributed by atoms with Gasteiger partial charge in [-0.25, -0.2) is 0 Å². The summed E-state index contributed by atoms with van der Waals surface area (Å²) in [4.78, 5) is 12.5. The quantitative estimate of drug-likeness (QED) is 0.882. The Kier molecular flexibility index (Phi) is 4.45. The largest absolute Gasteiger partial charge is 0.376 e. The Morgan fingerprint density at radius 3 is 2.45 bits per heavy atom. The van der Waals surface area contributed by atoms with E-state index in [4.69, 9.17) is 10.5 Å². The Bertz CT molecular complexity index is 488. The maximum absolute atomic E-state index is 12.5. The van der Waals surface area contributed by atoms with Crippen LogP contribution in [0.3, 0.4) is 0 Å². The van der Waals surface area contributed by atoms with Crippen molar-refractivity contribution in [1.82, 2.24) is 5.32 Å². The lowest BCUT2D eigenvalue weighted by atomic mass is 9.83. The zero-order valence-electron chi connectivity index (χ0n) is 12.7. The molecule has 4 heteroatoms. The van der Waals surface area contributed by atoms with Gasteiger partial charge in [0.15, 0.2) is 0 Å². The van der Waals surface area contributed by atoms with Crippen molar-refractivity contribution in [2.24, 2.45) is 5.73 Å². The molecule has 0 aromatic heterocycles. The minimum atomic E-state index is -0.0810. The van der Waals surface area contributed by atoms with E-state index in [0.29, 0.717) is 6.61 Å². The van der Waals surface area contributed by atoms with Gasteiger partial charge >= 0.3 is 0 Å². The van der Waals surface area contributed by atoms with Crippen LogP contribution in [0.1, 0.15) is 40.4 Å². The first-order valence-electron chi connectivity index (χ1n) is 7.20. The van der Waals surface area contributed by atoms with E-state index in [1.54, 1.807) is 0 Å². The van der Waals surface area contributed by atoms with Gasteiger partial charge in [0.05, 0.1) is 12.1 Å². The predicted molar refractivity (Wildman–Crippen MR) is 79.9 cm³/mol. The Morgan fingerprint density at radius 2 is 1.95 bits per heavy atom. The Labute approximate surface area is 120 Å². The van der Waals surface area contributed by atoms with E-state index in [1.807, 2.05) is 39.8 Å². The van der Waals surface area contributed by atoms with E-state index in [2.05, 4.69) is 5.32 Å². The summed E-state index contributed by atoms with van der Waals surface area (Å²) in [6.07, 6.45) is 0.856. The van der Waals surface area contributed by atoms with E-state index in [1.165, 1.54) is 5.56 Å². The first kappa shape index (κ1) is 15.0. The summed E-state index contributed by atoms with van der Waals surface area (Å²) in [5.41, 5.74) is 9.90. The summed E-state index contributed by atoms with van der Waals surface area (Å²) in [6.45, 7) is 8.57. The van der Waals surface area contributed by atoms with Crippen LogP contribution in [0, 0.1) is 20.8 Å². The second-order valence-electron chi connectivity index (χ2n) is 5.67. The van der Waals surface area contributed by atoms with Crippen LogP contribution in [0.25, 0.3) is 0 Å². The van der Waals surface area contributed by atoms with Crippen molar-refractivity contribution in [2.75, 3.05) is 6.61 Å². The number of carbonyl (C=O) groups is 1. The summed E-state index contributed by atoms with van der Waals surface area (Å²) < 4.78 is 5.58. The van der Waals surface area contributed by atoms with E-state index < -0.39 is 0 Å². The van der Waals surface area contributed by atoms with Crippen LogP contribution in [0.15, 0.2) is 12.1 Å². The fraction of sp³-hybridized carbons (Fsp3) is 0.562. The molecular formula is C16H24N2O2. The first-order chi connectivity index (χ1) is 9.43. The molecule has 0 bridgehead atoms. The van der Waals surface area contributed by atoms with Crippen molar-refractivity contribution >= 4 is 5.91 Å². The number of amides is 1. The highest BCUT2D eigenvalue weighted by atomic mass is 16.5. The molecule has 0 radical (unpaired) electrons. The number of hydrogen-bond donors (Lipinski definition) is 2. The average Bonchev–Trinajstić information content (AvgIpc) is 2.34. The molecule has 0 spiro atoms. The molecular weight excluding hydrogens is 252 g/mol. The predicted octanol–water partition coefficient (Wildman–Crippen LogP) is 1.85. The lowest BCUT2D eigenvalue weighted by Gasteiger charge is -2.42. The monoisotopic (exact) mass is 276 g/mol. The first-order valence-corrected chi connectivity index (χ1v) is 7.20. The SMILES string of the molecule is CCOC1CC(N)C1NC(=O)c1c(C)cc(C)cc1C. The molecule has 1 fully saturated rings. The zero-order valence-corrected chi connectivity index (χ0v) is 12.7. The molecule has 0 saturated heterocycles. The molecule has 20 heavy (non-hydrogen) atoms. The lowest BCUT2D eigenvalue weighted by molar-refractivity contribution is -0.0300. The third-order valence-electron chi connectivity index (χ3n) is 3.95. The number of nitrogens with one attached hydrogen (secondary N) is 1. The summed E-state index contributed by atoms with van der Waals surface area (Å²) in [7, 11) is 0. The summed E-state index contributed by atoms with van der Waals surface area (Å²) in [6, 6.07) is 3.97. The number of aryl methyl sites for hydroxylation is 3. The third-order valence-corrected chi connectivity index (χ3v) is 3.95. The van der Waals surface area contributed by atoms with Crippen molar-refractivity contribution in [3.63, 3.8) is 0 Å². The van der Waals surface area contributed by atoms with Crippen molar-refractivity contribution in [2.45, 2.75) is 52.3 Å². The molecule has 1 aromatic rings. The third kappa shape index (κ3) is 2.86. The molecule has 3 N–H and O–H groups in total. The highest BCUT2D eigenvalue weighted by Gasteiger charge is 2.40. The van der Waals surface area contributed by atoms with Crippen molar-refractivity contribution < 1.29 is 9.53 Å². The molecule has 1 amide bonds. The molecule has 3 atom stereocenters. The maximum Gasteiger partial charge on any atom is 0.252 e. The van der Waals surface area contributed by atoms with Gasteiger partial charge in [-0.15, -0.1) is 0 Å². The van der Waals surface area contributed by atoms with Crippen molar-refractivity contribution in [3.8, 4) is 0 Å². The van der Waals surface area contributed by atoms with Crippen LogP contribution in [-0.2, 0) is 4.74 Å². The summed E-state index contributed by atoms with van der Waals surface area (Å²) >= 11 is 0. The molecule has 4 nitrogen and oxygen atoms in total. The van der Waals surface area contributed by atoms with Crippen LogP contribution < -0.4 is 11.1 Å². The fourth-order valence-corrected chi connectivity index (χ4v) is 2.99. The lowest BCUT2D eigenvalue weighted by Crippen LogP contribution is -2.64. The maximum atomic E-state index is 12.5. The zero-order chi connectivity index (χ0) is 14.9. The van der Waals surface area contributed by atoms with Gasteiger partial charge in [0.1, 0.15) is 0 Å². The van der Waals surface area contributed by atoms with Gasteiger partial charge in [0, 0.05) is 18.2 Å². The van der Waals surface area contributed by atoms with Crippen molar-refractivity contribution in [3.05, 3.63) is 34.4 Å². The van der Waals surface area contributed by atoms with Crippen molar-refractivity contribution in [1.29, 1.82) is 0 Å². The van der Waals surface area contributed by atoms with E-state index >= 15 is 0 Å². The minimum Gasteiger partial charge on any atom is -0.376 e. The average molecular weight is 276 g/mol. The molecule has 3 unspecified atom stereocenters. The minimum absolute atomic E-state index is 0.0124. The van der Waals surface area contributed by atoms with E-state index in [0.717, 1.165) is 23.1 Å². The number of hydrogen-bond acceptors (Lipinski definition) is 3. The molecule has 0 heterocycles. The smallest absolute Gasteiger partial charge is 0.252 e. The Hall–Kier alpha value is -1.39. The van der Waals surface area contributed by atoms with Crippen LogP contribution in [-0.4, -0.2) is 30.7 Å². The number of benzene rings is 1. The van der Waals surface area contributed by atoms with Gasteiger partial charge in [-0.3, -0.25) is 4.79 Å². The summed E-state index contributed by atoms with van der Waals surface area (Å²) in [5.74, 6) is -0.0511. The fourth-order valence-electron chi connectivity index (χ4n) is 2.99. The Balaban J connectivity index is 2.13. The van der Waals surface area contributed by atoms with Crippen LogP contribution in [0.5, 0.6) is 0 Å². The second kappa shape index (κ2) is 5.94. The number of nitrogens with two attached hydrogens (primary N) is 1. The Morgan fingerprint density at radius 1 is 1.35 bits per heavy atom. The number of ether oxygens (including phenoxy) is 1. The molecule has 1 aromatic carbocycles. The van der Waals surface area contributed by atoms with Gasteiger partial charge < -0.3 is 15.8 Å². The molecule has 2 rings (SSSR count). The van der Waals surface area contributed by atoms with Gasteiger partial charge in [0.25, 0.3) is 5.91 Å². The number of rotatable bonds is 4. The van der Waals surface area contributed by atoms with Gasteiger partial charge in [-0.2, -0.15) is 0 Å². The van der Waals surface area contributed by atoms with E-state index in [-0.39, 0.29) is 24.1 Å². The van der Waals surface area contributed by atoms with Crippen LogP contribution in [0.2, 0.25) is 0 Å². The standard InChI is InChI=1S/C16H24N2O2/c1-5-20-13-8-12(17)15(13)18-16(19)14-10(3)6-9(2)7-11(14)4/h6-7,12-13,15H,5,8,17H2,1-4H3,(H,18,19). The van der Waals surface area contributed by atoms with E-state index in [9.17, 15) is 4.79 Å². The number of carbonyl (C=O) groups excluding carboxylic acids is 1. The molecule has 110 valence electrons. The highest BCUT2D eigenvalue weighted by molar-refractivity contribution is 5.97. The molecule has 0 aliphatic heterocycles. The normalized spacial score (nSPS) is 25.1. The van der Waals surface area contributed by atoms with Gasteiger partial charge in [0.2, 0.25) is 0 Å². The molecule has 1 saturated carbocycles. The topological polar surface area (TPSA) is 64.3 Å². The van der Waals surface area contributed by atoms with Crippen LogP contribution >= 0.6 is 0 Å².